The Labute approximate surface area is 764 Å². The summed E-state index contributed by atoms with van der Waals surface area (Å²) in [5.41, 5.74) is 23.0. The molecule has 0 aliphatic rings. The van der Waals surface area contributed by atoms with E-state index < -0.39 is 0 Å². The van der Waals surface area contributed by atoms with Gasteiger partial charge in [-0.1, -0.05) is 117 Å². The van der Waals surface area contributed by atoms with E-state index in [0.717, 1.165) is 16.7 Å². The summed E-state index contributed by atoms with van der Waals surface area (Å²) in [6.07, 6.45) is 0. The number of nitrogen functional groups attached to an aromatic ring is 2. The van der Waals surface area contributed by atoms with Gasteiger partial charge >= 0.3 is 0 Å². The van der Waals surface area contributed by atoms with Gasteiger partial charge in [-0.05, 0) is 103 Å². The van der Waals surface area contributed by atoms with E-state index in [4.69, 9.17) is 189 Å². The lowest BCUT2D eigenvalue weighted by Gasteiger charge is -2.12. The second-order valence-corrected chi connectivity index (χ2v) is 26.8. The first-order valence-corrected chi connectivity index (χ1v) is 39.5. The molecule has 40 heteroatoms. The molecule has 0 spiro atoms. The maximum Gasteiger partial charge on any atom is 0.221 e. The van der Waals surface area contributed by atoms with Crippen molar-refractivity contribution in [2.75, 3.05) is 71.8 Å². The van der Waals surface area contributed by atoms with Crippen LogP contribution in [0, 0.1) is 104 Å². The highest BCUT2D eigenvalue weighted by atomic mass is 36.5. The van der Waals surface area contributed by atoms with Gasteiger partial charge in [0.15, 0.2) is 0 Å². The lowest BCUT2D eigenvalue weighted by atomic mass is 10.1. The van der Waals surface area contributed by atoms with Crippen molar-refractivity contribution in [3.63, 3.8) is 0 Å². The highest BCUT2D eigenvalue weighted by Crippen LogP contribution is 2.35. The van der Waals surface area contributed by atoms with Gasteiger partial charge in [-0.3, -0.25) is 28.8 Å². The lowest BCUT2D eigenvalue weighted by molar-refractivity contribution is -0.115. The van der Waals surface area contributed by atoms with Crippen LogP contribution in [0.25, 0.3) is 0 Å². The predicted octanol–water partition coefficient (Wildman–Crippen LogP) is 22.0. The second-order valence-electron chi connectivity index (χ2n) is 23.0. The van der Waals surface area contributed by atoms with Crippen molar-refractivity contribution in [3.8, 4) is 48.6 Å². The van der Waals surface area contributed by atoms with Crippen molar-refractivity contribution in [2.45, 2.75) is 93.6 Å². The third kappa shape index (κ3) is 37.3. The number of nitriles is 8. The Bertz CT molecular complexity index is 5240. The Morgan fingerprint density at radius 1 is 0.308 bits per heavy atom. The number of hydrogen-bond donors (Lipinski definition) is 8. The molecule has 0 aliphatic heterocycles. The van der Waals surface area contributed by atoms with Crippen LogP contribution in [0.15, 0.2) is 97.1 Å². The van der Waals surface area contributed by atoms with Crippen LogP contribution < -0.4 is 43.4 Å². The number of hydrogen-bond acceptors (Lipinski definition) is 20. The Balaban J connectivity index is 0. The van der Waals surface area contributed by atoms with Gasteiger partial charge < -0.3 is 62.3 Å². The molecule has 0 bridgehead atoms. The van der Waals surface area contributed by atoms with E-state index in [2.05, 4.69) is 75.3 Å². The smallest absolute Gasteiger partial charge is 0.221 e. The van der Waals surface area contributed by atoms with Gasteiger partial charge in [0.2, 0.25) is 35.4 Å². The van der Waals surface area contributed by atoms with E-state index >= 15 is 0 Å². The number of anilines is 8. The van der Waals surface area contributed by atoms with Crippen LogP contribution in [-0.2, 0) is 85.9 Å². The number of carbonyl (C=O) groups excluding carboxylic acids is 6. The van der Waals surface area contributed by atoms with E-state index in [1.54, 1.807) is 118 Å². The van der Waals surface area contributed by atoms with Gasteiger partial charge in [-0.2, -0.15) is 42.1 Å². The summed E-state index contributed by atoms with van der Waals surface area (Å²) in [6.45, 7) is 13.1. The number of ether oxygens (including phenoxy) is 4. The molecule has 10 N–H and O–H groups in total. The number of nitrogens with one attached hydrogen (secondary N) is 6. The molecule has 120 heavy (non-hydrogen) atoms. The molecule has 8 aromatic carbocycles. The molecular weight excluding hydrogens is 1840 g/mol. The Morgan fingerprint density at radius 3 is 0.975 bits per heavy atom. The van der Waals surface area contributed by atoms with Crippen LogP contribution in [0.1, 0.15) is 131 Å². The molecule has 0 heterocycles. The summed E-state index contributed by atoms with van der Waals surface area (Å²) in [4.78, 5) is 65.8. The summed E-state index contributed by atoms with van der Waals surface area (Å²) < 4.78 is 19.8. The molecular formula is C80H74Cl14N16O10. The van der Waals surface area contributed by atoms with E-state index in [0.29, 0.717) is 167 Å². The number of amides is 6. The third-order valence-corrected chi connectivity index (χ3v) is 17.8. The zero-order valence-corrected chi connectivity index (χ0v) is 76.2. The minimum atomic E-state index is -0.264. The van der Waals surface area contributed by atoms with Crippen LogP contribution in [0.3, 0.4) is 0 Å². The summed E-state index contributed by atoms with van der Waals surface area (Å²) in [7, 11) is 22.6. The lowest BCUT2D eigenvalue weighted by Crippen LogP contribution is -2.10. The van der Waals surface area contributed by atoms with Crippen molar-refractivity contribution in [3.05, 3.63) is 226 Å². The molecule has 0 saturated heterocycles. The van der Waals surface area contributed by atoms with E-state index in [1.165, 1.54) is 55.8 Å². The summed E-state index contributed by atoms with van der Waals surface area (Å²) in [5, 5.41) is 89.5. The standard InChI is InChI=1S/2C11H11ClN2O2.2C10H8Cl2N2O.2C10H9ClN2O.2C9H9ClN2O.2Cl2/c1-7(15)14-11-8(6-16-2)3-4-10(12)9(11)5-13;1-7(15)14-11-8(5-13)3-4-10(12)9(11)6-16-2;1-6(15)14-10-7(5-13)2-3-9(12)8(10)4-11;1-6(15)14-10-7(4-11)2-3-9(12)8(10)5-13;1-6-9(11)4-3-8(5-12)10(6)13-7(2)14;1-6-3-4-9(11)8(5-12)10(6)13-7(2)14;1-13-5-6-2-3-8(10)7(4-11)9(6)12;1-13-5-7-8(10)3-2-6(4-11)9(7)12;2*1-2/h2*3-4H,6H2,1-2H3,(H,14,15);2*2-3H,4H2,1H3,(H,14,15);2*3-4H,1-2H3,(H,13,14);2*2-3H,5,12H2,1H3;;. The zero-order chi connectivity index (χ0) is 92.2. The zero-order valence-electron chi connectivity index (χ0n) is 65.6. The fourth-order valence-electron chi connectivity index (χ4n) is 9.27. The summed E-state index contributed by atoms with van der Waals surface area (Å²) >= 11 is 58.3. The summed E-state index contributed by atoms with van der Waals surface area (Å²) in [6, 6.07) is 41.9. The molecule has 8 rings (SSSR count). The molecule has 632 valence electrons. The van der Waals surface area contributed by atoms with Gasteiger partial charge in [-0.25, -0.2) is 0 Å². The fraction of sp³-hybridized carbons (Fsp3) is 0.225. The molecule has 0 fully saturated rings. The molecule has 0 aliphatic carbocycles. The monoisotopic (exact) mass is 1910 g/mol. The predicted molar refractivity (Wildman–Crippen MR) is 479 cm³/mol. The topological polar surface area (TPSA) is 454 Å². The number of aryl methyl sites for hydroxylation is 1. The quantitative estimate of drug-likeness (QED) is 0.0329. The first kappa shape index (κ1) is 112. The number of halogens is 14. The van der Waals surface area contributed by atoms with Gasteiger partial charge in [-0.15, -0.1) is 23.2 Å². The maximum absolute atomic E-state index is 11.0. The third-order valence-electron chi connectivity index (χ3n) is 14.5. The first-order chi connectivity index (χ1) is 56.9. The highest BCUT2D eigenvalue weighted by Gasteiger charge is 2.19. The number of nitrogens with two attached hydrogens (primary N) is 2. The highest BCUT2D eigenvalue weighted by molar-refractivity contribution is 6.86. The largest absolute Gasteiger partial charge is 0.397 e. The Kier molecular flexibility index (Phi) is 57.2. The van der Waals surface area contributed by atoms with Gasteiger partial charge in [0.25, 0.3) is 0 Å². The number of rotatable bonds is 16. The van der Waals surface area contributed by atoms with Crippen LogP contribution in [0.5, 0.6) is 0 Å². The Morgan fingerprint density at radius 2 is 0.592 bits per heavy atom. The van der Waals surface area contributed by atoms with Gasteiger partial charge in [0.05, 0.1) is 142 Å². The molecule has 0 radical (unpaired) electrons. The van der Waals surface area contributed by atoms with Crippen LogP contribution in [-0.4, -0.2) is 63.9 Å². The van der Waals surface area contributed by atoms with Crippen LogP contribution >= 0.6 is 159 Å². The molecule has 26 nitrogen and oxygen atoms in total. The summed E-state index contributed by atoms with van der Waals surface area (Å²) in [5.74, 6) is -1.11. The molecule has 6 amide bonds. The van der Waals surface area contributed by atoms with Crippen molar-refractivity contribution < 1.29 is 47.7 Å². The average molecular weight is 1920 g/mol. The Hall–Kier alpha value is -10.0. The molecule has 0 saturated carbocycles. The van der Waals surface area contributed by atoms with Crippen molar-refractivity contribution in [2.24, 2.45) is 0 Å². The minimum Gasteiger partial charge on any atom is -0.397 e. The molecule has 0 aromatic heterocycles. The van der Waals surface area contributed by atoms with E-state index in [9.17, 15) is 28.8 Å². The van der Waals surface area contributed by atoms with Crippen LogP contribution in [0.2, 0.25) is 40.2 Å². The van der Waals surface area contributed by atoms with Crippen molar-refractivity contribution in [1.29, 1.82) is 42.1 Å². The SMILES string of the molecule is CC(=O)Nc1c(C#N)ccc(Cl)c1C.CC(=O)Nc1c(C#N)ccc(Cl)c1CCl.CC(=O)Nc1c(C)ccc(Cl)c1C#N.CC(=O)Nc1c(CCl)ccc(Cl)c1C#N.COCc1c(Cl)ccc(C#N)c1N.COCc1c(Cl)ccc(C#N)c1NC(C)=O.COCc1ccc(Cl)c(C#N)c1N.COCc1ccc(Cl)c(C#N)c1NC(C)=O.ClCl.ClCl. The number of carbonyl (C=O) groups is 6. The van der Waals surface area contributed by atoms with Crippen LogP contribution in [0.4, 0.5) is 45.5 Å². The molecule has 8 aromatic rings. The molecule has 0 unspecified atom stereocenters. The average Bonchev–Trinajstić information content (AvgIpc) is 0.831. The van der Waals surface area contributed by atoms with E-state index in [1.807, 2.05) is 55.5 Å². The van der Waals surface area contributed by atoms with Gasteiger partial charge in [0.1, 0.15) is 48.6 Å². The number of benzene rings is 8. The number of methoxy groups -OCH3 is 4. The van der Waals surface area contributed by atoms with Gasteiger partial charge in [0, 0.05) is 167 Å². The minimum absolute atomic E-state index is 0.143. The first-order valence-electron chi connectivity index (χ1n) is 33.1. The second kappa shape index (κ2) is 61.3. The maximum atomic E-state index is 11.0. The normalized spacial score (nSPS) is 9.28. The molecule has 0 atom stereocenters. The number of nitrogens with zero attached hydrogens (tertiary/aromatic N) is 8. The fourth-order valence-corrected chi connectivity index (χ4v) is 11.5. The number of alkyl halides is 2. The van der Waals surface area contributed by atoms with Crippen molar-refractivity contribution >= 4 is 240 Å². The van der Waals surface area contributed by atoms with E-state index in [-0.39, 0.29) is 64.9 Å². The van der Waals surface area contributed by atoms with Crippen molar-refractivity contribution in [1.82, 2.24) is 0 Å².